The molecule has 0 spiro atoms. The zero-order valence-electron chi connectivity index (χ0n) is 15.1. The minimum Gasteiger partial charge on any atom is -0.454 e. The number of amides is 1. The van der Waals surface area contributed by atoms with Crippen LogP contribution in [0.1, 0.15) is 23.8 Å². The Morgan fingerprint density at radius 3 is 2.89 bits per heavy atom. The second kappa shape index (κ2) is 7.93. The number of nitrogens with zero attached hydrogens (tertiary/aromatic N) is 3. The number of hydrogen-bond acceptors (Lipinski definition) is 6. The van der Waals surface area contributed by atoms with Crippen molar-refractivity contribution in [3.05, 3.63) is 63.3 Å². The van der Waals surface area contributed by atoms with Gasteiger partial charge in [0, 0.05) is 11.4 Å². The number of rotatable bonds is 5. The molecule has 3 aromatic rings. The molecule has 1 aromatic carbocycles. The fraction of sp³-hybridized carbons (Fsp3) is 0.300. The van der Waals surface area contributed by atoms with E-state index in [0.717, 1.165) is 17.7 Å². The van der Waals surface area contributed by atoms with Crippen molar-refractivity contribution < 1.29 is 14.3 Å². The first kappa shape index (κ1) is 18.4. The van der Waals surface area contributed by atoms with Gasteiger partial charge in [-0.25, -0.2) is 4.98 Å². The molecular weight excluding hydrogens is 378 g/mol. The van der Waals surface area contributed by atoms with Crippen LogP contribution in [0.2, 0.25) is 0 Å². The number of para-hydroxylation sites is 1. The Morgan fingerprint density at radius 1 is 1.21 bits per heavy atom. The number of esters is 1. The summed E-state index contributed by atoms with van der Waals surface area (Å²) >= 11 is 1.62. The van der Waals surface area contributed by atoms with E-state index in [9.17, 15) is 14.4 Å². The monoisotopic (exact) mass is 397 g/mol. The molecule has 4 rings (SSSR count). The van der Waals surface area contributed by atoms with Crippen LogP contribution in [-0.4, -0.2) is 39.5 Å². The summed E-state index contributed by atoms with van der Waals surface area (Å²) in [6, 6.07) is 11.0. The van der Waals surface area contributed by atoms with Crippen LogP contribution in [0.3, 0.4) is 0 Å². The highest BCUT2D eigenvalue weighted by Gasteiger charge is 2.31. The fourth-order valence-corrected chi connectivity index (χ4v) is 4.34. The first-order chi connectivity index (χ1) is 13.6. The van der Waals surface area contributed by atoms with Crippen molar-refractivity contribution in [2.24, 2.45) is 0 Å². The summed E-state index contributed by atoms with van der Waals surface area (Å²) in [7, 11) is 0. The SMILES string of the molecule is O=C(Cn1cnc2ccccc2c1=O)OCC(=O)N1CCC[C@@H]1c1cccs1. The van der Waals surface area contributed by atoms with Gasteiger partial charge in [-0.05, 0) is 36.4 Å². The van der Waals surface area contributed by atoms with E-state index in [-0.39, 0.29) is 30.7 Å². The molecule has 0 radical (unpaired) electrons. The molecular formula is C20H19N3O4S. The second-order valence-electron chi connectivity index (χ2n) is 6.62. The van der Waals surface area contributed by atoms with E-state index >= 15 is 0 Å². The molecule has 0 aliphatic carbocycles. The summed E-state index contributed by atoms with van der Waals surface area (Å²) in [6.07, 6.45) is 3.17. The molecule has 1 aliphatic heterocycles. The average Bonchev–Trinajstić information content (AvgIpc) is 3.40. The number of ether oxygens (including phenoxy) is 1. The summed E-state index contributed by atoms with van der Waals surface area (Å²) in [5.74, 6) is -0.854. The highest BCUT2D eigenvalue weighted by atomic mass is 32.1. The summed E-state index contributed by atoms with van der Waals surface area (Å²) in [4.78, 5) is 44.2. The standard InChI is InChI=1S/C20H19N3O4S/c24-18(23-9-3-7-16(23)17-8-4-10-28-17)12-27-19(25)11-22-13-21-15-6-2-1-5-14(15)20(22)26/h1-2,4-6,8,10,13,16H,3,7,9,11-12H2/t16-/m1/s1. The summed E-state index contributed by atoms with van der Waals surface area (Å²) in [5, 5.41) is 2.43. The van der Waals surface area contributed by atoms with Crippen LogP contribution in [0.4, 0.5) is 0 Å². The zero-order chi connectivity index (χ0) is 19.5. The van der Waals surface area contributed by atoms with Crippen LogP contribution in [0.15, 0.2) is 52.9 Å². The third-order valence-corrected chi connectivity index (χ3v) is 5.81. The van der Waals surface area contributed by atoms with Crippen LogP contribution in [0.5, 0.6) is 0 Å². The largest absolute Gasteiger partial charge is 0.454 e. The Balaban J connectivity index is 1.37. The van der Waals surface area contributed by atoms with Crippen molar-refractivity contribution in [2.75, 3.05) is 13.2 Å². The minimum absolute atomic E-state index is 0.0542. The highest BCUT2D eigenvalue weighted by molar-refractivity contribution is 7.10. The number of likely N-dealkylation sites (tertiary alicyclic amines) is 1. The number of aromatic nitrogens is 2. The molecule has 28 heavy (non-hydrogen) atoms. The zero-order valence-corrected chi connectivity index (χ0v) is 15.9. The summed E-state index contributed by atoms with van der Waals surface area (Å²) < 4.78 is 6.33. The molecule has 0 bridgehead atoms. The number of benzene rings is 1. The van der Waals surface area contributed by atoms with Gasteiger partial charge in [0.1, 0.15) is 6.54 Å². The van der Waals surface area contributed by atoms with Gasteiger partial charge in [-0.2, -0.15) is 0 Å². The minimum atomic E-state index is -0.639. The normalized spacial score (nSPS) is 16.4. The van der Waals surface area contributed by atoms with Gasteiger partial charge in [-0.1, -0.05) is 18.2 Å². The first-order valence-electron chi connectivity index (χ1n) is 9.06. The van der Waals surface area contributed by atoms with Gasteiger partial charge in [-0.3, -0.25) is 19.0 Å². The van der Waals surface area contributed by atoms with Crippen molar-refractivity contribution in [3.8, 4) is 0 Å². The van der Waals surface area contributed by atoms with Gasteiger partial charge >= 0.3 is 5.97 Å². The maximum Gasteiger partial charge on any atom is 0.326 e. The number of hydrogen-bond donors (Lipinski definition) is 0. The summed E-state index contributed by atoms with van der Waals surface area (Å²) in [5.41, 5.74) is 0.257. The van der Waals surface area contributed by atoms with Gasteiger partial charge in [0.2, 0.25) is 0 Å². The predicted octanol–water partition coefficient (Wildman–Crippen LogP) is 2.36. The number of fused-ring (bicyclic) bond motifs is 1. The third-order valence-electron chi connectivity index (χ3n) is 4.83. The molecule has 1 fully saturated rings. The van der Waals surface area contributed by atoms with E-state index in [1.54, 1.807) is 40.5 Å². The highest BCUT2D eigenvalue weighted by Crippen LogP contribution is 2.34. The lowest BCUT2D eigenvalue weighted by molar-refractivity contribution is -0.153. The molecule has 7 nitrogen and oxygen atoms in total. The Bertz CT molecular complexity index is 1060. The molecule has 3 heterocycles. The number of thiophene rings is 1. The average molecular weight is 397 g/mol. The van der Waals surface area contributed by atoms with Crippen LogP contribution < -0.4 is 5.56 Å². The molecule has 0 unspecified atom stereocenters. The third kappa shape index (κ3) is 3.68. The Morgan fingerprint density at radius 2 is 2.07 bits per heavy atom. The van der Waals surface area contributed by atoms with Crippen LogP contribution in [-0.2, 0) is 20.9 Å². The predicted molar refractivity (Wildman–Crippen MR) is 105 cm³/mol. The van der Waals surface area contributed by atoms with Gasteiger partial charge in [-0.15, -0.1) is 11.3 Å². The lowest BCUT2D eigenvalue weighted by Gasteiger charge is -2.23. The molecule has 8 heteroatoms. The topological polar surface area (TPSA) is 81.5 Å². The Kier molecular flexibility index (Phi) is 5.21. The van der Waals surface area contributed by atoms with E-state index in [0.29, 0.717) is 17.4 Å². The van der Waals surface area contributed by atoms with E-state index < -0.39 is 5.97 Å². The molecule has 144 valence electrons. The number of carbonyl (C=O) groups is 2. The summed E-state index contributed by atoms with van der Waals surface area (Å²) in [6.45, 7) is 0.0573. The molecule has 1 aliphatic rings. The van der Waals surface area contributed by atoms with E-state index in [1.165, 1.54) is 10.9 Å². The Labute approximate surface area is 165 Å². The Hall–Kier alpha value is -3.00. The quantitative estimate of drug-likeness (QED) is 0.618. The van der Waals surface area contributed by atoms with Gasteiger partial charge in [0.05, 0.1) is 23.3 Å². The first-order valence-corrected chi connectivity index (χ1v) is 9.94. The molecule has 2 aromatic heterocycles. The van der Waals surface area contributed by atoms with E-state index in [4.69, 9.17) is 4.74 Å². The van der Waals surface area contributed by atoms with Crippen LogP contribution in [0, 0.1) is 0 Å². The lowest BCUT2D eigenvalue weighted by Crippen LogP contribution is -2.35. The molecule has 0 saturated carbocycles. The van der Waals surface area contributed by atoms with E-state index in [1.807, 2.05) is 17.5 Å². The van der Waals surface area contributed by atoms with Gasteiger partial charge in [0.25, 0.3) is 11.5 Å². The van der Waals surface area contributed by atoms with Gasteiger partial charge in [0.15, 0.2) is 6.61 Å². The van der Waals surface area contributed by atoms with Crippen molar-refractivity contribution in [1.82, 2.24) is 14.5 Å². The number of carbonyl (C=O) groups excluding carboxylic acids is 2. The van der Waals surface area contributed by atoms with Crippen LogP contribution in [0.25, 0.3) is 10.9 Å². The molecule has 1 saturated heterocycles. The van der Waals surface area contributed by atoms with E-state index in [2.05, 4.69) is 4.98 Å². The lowest BCUT2D eigenvalue weighted by atomic mass is 10.2. The smallest absolute Gasteiger partial charge is 0.326 e. The van der Waals surface area contributed by atoms with Crippen LogP contribution >= 0.6 is 11.3 Å². The molecule has 1 amide bonds. The van der Waals surface area contributed by atoms with Gasteiger partial charge < -0.3 is 9.64 Å². The molecule has 0 N–H and O–H groups in total. The maximum atomic E-state index is 12.5. The fourth-order valence-electron chi connectivity index (χ4n) is 3.47. The maximum absolute atomic E-state index is 12.5. The van der Waals surface area contributed by atoms with Crippen molar-refractivity contribution in [3.63, 3.8) is 0 Å². The second-order valence-corrected chi connectivity index (χ2v) is 7.60. The molecule has 1 atom stereocenters. The van der Waals surface area contributed by atoms with Crippen molar-refractivity contribution >= 4 is 34.1 Å². The van der Waals surface area contributed by atoms with Crippen molar-refractivity contribution in [2.45, 2.75) is 25.4 Å². The van der Waals surface area contributed by atoms with Crippen molar-refractivity contribution in [1.29, 1.82) is 0 Å².